The molecule has 5 heteroatoms. The normalized spacial score (nSPS) is 9.36. The molecule has 2 N–H and O–H groups in total. The minimum atomic E-state index is -1.41. The molecule has 1 atom stereocenters. The number of benzene rings is 1. The molecule has 58 valence electrons. The summed E-state index contributed by atoms with van der Waals surface area (Å²) >= 11 is 0. The van der Waals surface area contributed by atoms with Crippen molar-refractivity contribution in [2.75, 3.05) is 0 Å². The highest BCUT2D eigenvalue weighted by Crippen LogP contribution is 2.09. The second-order valence-corrected chi connectivity index (χ2v) is 2.30. The maximum Gasteiger partial charge on any atom is 0.488 e. The summed E-state index contributed by atoms with van der Waals surface area (Å²) in [6.45, 7) is 0. The van der Waals surface area contributed by atoms with E-state index in [1.165, 1.54) is 0 Å². The maximum atomic E-state index is 8.70. The Morgan fingerprint density at radius 3 is 2.09 bits per heavy atom. The summed E-state index contributed by atoms with van der Waals surface area (Å²) in [7, 11) is 0.700. The molecule has 0 fully saturated rings. The number of hydrogen-bond donors (Lipinski definition) is 2. The Morgan fingerprint density at radius 2 is 1.73 bits per heavy atom. The van der Waals surface area contributed by atoms with Gasteiger partial charge in [-0.2, -0.15) is 0 Å². The largest absolute Gasteiger partial charge is 0.488 e. The minimum Gasteiger partial charge on any atom is -0.480 e. The first-order valence-electron chi connectivity index (χ1n) is 3.07. The lowest BCUT2D eigenvalue weighted by atomic mass is 9.80. The summed E-state index contributed by atoms with van der Waals surface area (Å²) < 4.78 is 4.80. The van der Waals surface area contributed by atoms with Crippen molar-refractivity contribution in [1.82, 2.24) is 0 Å². The molecule has 0 bridgehead atoms. The smallest absolute Gasteiger partial charge is 0.480 e. The Kier molecular flexibility index (Phi) is 2.88. The zero-order chi connectivity index (χ0) is 8.27. The first-order chi connectivity index (χ1) is 5.24. The lowest BCUT2D eigenvalue weighted by molar-refractivity contribution is 0.426. The van der Waals surface area contributed by atoms with Gasteiger partial charge in [0.15, 0.2) is 0 Å². The fraction of sp³-hybridized carbons (Fsp3) is 0. The van der Waals surface area contributed by atoms with Gasteiger partial charge in [-0.3, -0.25) is 0 Å². The van der Waals surface area contributed by atoms with Crippen molar-refractivity contribution >= 4 is 22.0 Å². The molecule has 0 spiro atoms. The van der Waals surface area contributed by atoms with Crippen molar-refractivity contribution < 1.29 is 14.6 Å². The summed E-state index contributed by atoms with van der Waals surface area (Å²) in [5.74, 6) is 0.666. The topological polar surface area (TPSA) is 49.7 Å². The van der Waals surface area contributed by atoms with Crippen molar-refractivity contribution in [3.8, 4) is 5.75 Å². The van der Waals surface area contributed by atoms with Crippen LogP contribution in [0.15, 0.2) is 24.3 Å². The highest BCUT2D eigenvalue weighted by molar-refractivity contribution is 7.10. The highest BCUT2D eigenvalue weighted by atomic mass is 31.0. The van der Waals surface area contributed by atoms with Crippen LogP contribution in [0.1, 0.15) is 0 Å². The molecule has 0 radical (unpaired) electrons. The van der Waals surface area contributed by atoms with Gasteiger partial charge in [-0.15, -0.1) is 0 Å². The molecular formula is C6H8BO3P. The van der Waals surface area contributed by atoms with Crippen LogP contribution >= 0.6 is 9.47 Å². The molecule has 0 aromatic heterocycles. The predicted octanol–water partition coefficient (Wildman–Crippen LogP) is -0.465. The van der Waals surface area contributed by atoms with Crippen LogP contribution in [0, 0.1) is 0 Å². The first-order valence-corrected chi connectivity index (χ1v) is 3.54. The van der Waals surface area contributed by atoms with E-state index in [4.69, 9.17) is 14.6 Å². The summed E-state index contributed by atoms with van der Waals surface area (Å²) in [5.41, 5.74) is 0.454. The zero-order valence-corrected chi connectivity index (χ0v) is 6.92. The van der Waals surface area contributed by atoms with Crippen LogP contribution < -0.4 is 9.99 Å². The van der Waals surface area contributed by atoms with Gasteiger partial charge in [-0.05, 0) is 17.6 Å². The summed E-state index contributed by atoms with van der Waals surface area (Å²) in [4.78, 5) is 0. The number of hydrogen-bond acceptors (Lipinski definition) is 3. The van der Waals surface area contributed by atoms with Crippen LogP contribution in [-0.2, 0) is 0 Å². The SMILES string of the molecule is OB(O)c1ccc(OP)cc1. The third-order valence-corrected chi connectivity index (χ3v) is 1.59. The van der Waals surface area contributed by atoms with Gasteiger partial charge in [-0.1, -0.05) is 12.1 Å². The lowest BCUT2D eigenvalue weighted by Crippen LogP contribution is -2.29. The van der Waals surface area contributed by atoms with Gasteiger partial charge < -0.3 is 14.6 Å². The van der Waals surface area contributed by atoms with E-state index in [1.54, 1.807) is 24.3 Å². The molecule has 11 heavy (non-hydrogen) atoms. The van der Waals surface area contributed by atoms with Gasteiger partial charge in [0.1, 0.15) is 5.75 Å². The Morgan fingerprint density at radius 1 is 1.18 bits per heavy atom. The molecule has 0 saturated carbocycles. The van der Waals surface area contributed by atoms with Gasteiger partial charge in [0.25, 0.3) is 0 Å². The van der Waals surface area contributed by atoms with Crippen LogP contribution in [0.2, 0.25) is 0 Å². The van der Waals surface area contributed by atoms with E-state index in [1.807, 2.05) is 0 Å². The van der Waals surface area contributed by atoms with Crippen molar-refractivity contribution in [2.24, 2.45) is 0 Å². The van der Waals surface area contributed by atoms with Gasteiger partial charge >= 0.3 is 7.12 Å². The number of rotatable bonds is 2. The zero-order valence-electron chi connectivity index (χ0n) is 5.77. The second-order valence-electron chi connectivity index (χ2n) is 2.06. The van der Waals surface area contributed by atoms with Gasteiger partial charge in [0.05, 0.1) is 9.47 Å². The standard InChI is InChI=1S/C6H8BO3P/c8-7(9)5-1-3-6(10-11)4-2-5/h1-4,8-9H,11H2. The van der Waals surface area contributed by atoms with Crippen LogP contribution in [0.3, 0.4) is 0 Å². The highest BCUT2D eigenvalue weighted by Gasteiger charge is 2.09. The molecule has 0 amide bonds. The molecular weight excluding hydrogens is 162 g/mol. The van der Waals surface area contributed by atoms with Crippen molar-refractivity contribution in [1.29, 1.82) is 0 Å². The van der Waals surface area contributed by atoms with E-state index in [0.29, 0.717) is 11.2 Å². The fourth-order valence-corrected chi connectivity index (χ4v) is 0.876. The van der Waals surface area contributed by atoms with Crippen molar-refractivity contribution in [3.05, 3.63) is 24.3 Å². The molecule has 0 saturated heterocycles. The Balaban J connectivity index is 2.83. The minimum absolute atomic E-state index is 0.454. The predicted molar refractivity (Wildman–Crippen MR) is 46.6 cm³/mol. The van der Waals surface area contributed by atoms with Crippen LogP contribution in [0.5, 0.6) is 5.75 Å². The molecule has 1 aromatic rings. The molecule has 1 aromatic carbocycles. The summed E-state index contributed by atoms with van der Waals surface area (Å²) in [6, 6.07) is 6.48. The van der Waals surface area contributed by atoms with Crippen LogP contribution in [0.25, 0.3) is 0 Å². The van der Waals surface area contributed by atoms with Crippen LogP contribution in [-0.4, -0.2) is 17.2 Å². The van der Waals surface area contributed by atoms with Gasteiger partial charge in [0, 0.05) is 0 Å². The van der Waals surface area contributed by atoms with E-state index >= 15 is 0 Å². The van der Waals surface area contributed by atoms with E-state index in [-0.39, 0.29) is 0 Å². The van der Waals surface area contributed by atoms with E-state index in [0.717, 1.165) is 0 Å². The average Bonchev–Trinajstić information content (AvgIpc) is 2.05. The molecule has 3 nitrogen and oxygen atoms in total. The molecule has 0 aliphatic carbocycles. The summed E-state index contributed by atoms with van der Waals surface area (Å²) in [6.07, 6.45) is 0. The van der Waals surface area contributed by atoms with E-state index in [9.17, 15) is 0 Å². The lowest BCUT2D eigenvalue weighted by Gasteiger charge is -2.00. The Bertz CT molecular complexity index is 224. The Labute approximate surface area is 67.4 Å². The molecule has 0 aliphatic rings. The average molecular weight is 170 g/mol. The Hall–Kier alpha value is -0.565. The van der Waals surface area contributed by atoms with Gasteiger partial charge in [0.2, 0.25) is 0 Å². The van der Waals surface area contributed by atoms with E-state index in [2.05, 4.69) is 9.47 Å². The van der Waals surface area contributed by atoms with Crippen LogP contribution in [0.4, 0.5) is 0 Å². The first kappa shape index (κ1) is 8.53. The molecule has 1 rings (SSSR count). The third-order valence-electron chi connectivity index (χ3n) is 1.31. The monoisotopic (exact) mass is 170 g/mol. The third kappa shape index (κ3) is 2.19. The quantitative estimate of drug-likeness (QED) is 0.466. The second kappa shape index (κ2) is 3.72. The molecule has 1 unspecified atom stereocenters. The maximum absolute atomic E-state index is 8.70. The fourth-order valence-electron chi connectivity index (χ4n) is 0.719. The van der Waals surface area contributed by atoms with Crippen molar-refractivity contribution in [3.63, 3.8) is 0 Å². The summed E-state index contributed by atoms with van der Waals surface area (Å²) in [5, 5.41) is 17.4. The van der Waals surface area contributed by atoms with Crippen molar-refractivity contribution in [2.45, 2.75) is 0 Å². The van der Waals surface area contributed by atoms with Gasteiger partial charge in [-0.25, -0.2) is 0 Å². The van der Waals surface area contributed by atoms with E-state index < -0.39 is 7.12 Å². The molecule has 0 heterocycles. The molecule has 0 aliphatic heterocycles.